The second-order valence-electron chi connectivity index (χ2n) is 15.5. The monoisotopic (exact) mass is 1200 g/mol. The summed E-state index contributed by atoms with van der Waals surface area (Å²) in [5.41, 5.74) is 5.96. The minimum Gasteiger partial charge on any atom is -0.423 e. The van der Waals surface area contributed by atoms with Gasteiger partial charge in [0.2, 0.25) is 0 Å². The number of rotatable bonds is 12. The zero-order valence-electron chi connectivity index (χ0n) is 37.6. The number of hydrogen-bond donors (Lipinski definition) is 0. The van der Waals surface area contributed by atoms with Crippen LogP contribution in [0.5, 0.6) is 23.0 Å². The van der Waals surface area contributed by atoms with Crippen molar-refractivity contribution in [2.45, 2.75) is 0 Å². The molecule has 0 aliphatic carbocycles. The normalized spacial score (nSPS) is 10.4. The third-order valence-electron chi connectivity index (χ3n) is 10.5. The van der Waals surface area contributed by atoms with E-state index in [0.29, 0.717) is 45.3 Å². The Morgan fingerprint density at radius 2 is 0.514 bits per heavy atom. The lowest BCUT2D eigenvalue weighted by Crippen LogP contribution is -2.09. The minimum absolute atomic E-state index is 0.327. The molecule has 0 unspecified atom stereocenters. The quantitative estimate of drug-likeness (QED) is 0.0669. The number of ether oxygens (including phenoxy) is 4. The van der Waals surface area contributed by atoms with Crippen LogP contribution in [-0.2, 0) is 0 Å². The van der Waals surface area contributed by atoms with Gasteiger partial charge in [-0.3, -0.25) is 4.98 Å². The van der Waals surface area contributed by atoms with Gasteiger partial charge >= 0.3 is 23.9 Å². The highest BCUT2D eigenvalue weighted by Gasteiger charge is 2.20. The van der Waals surface area contributed by atoms with Gasteiger partial charge in [-0.2, -0.15) is 0 Å². The number of esters is 4. The van der Waals surface area contributed by atoms with Gasteiger partial charge in [0.1, 0.15) is 23.0 Å². The van der Waals surface area contributed by atoms with E-state index in [9.17, 15) is 19.2 Å². The molecule has 0 spiro atoms. The fourth-order valence-electron chi connectivity index (χ4n) is 7.11. The minimum atomic E-state index is -0.519. The number of pyridine rings is 1. The Morgan fingerprint density at radius 3 is 0.694 bits per heavy atom. The molecule has 8 aromatic carbocycles. The molecule has 9 nitrogen and oxygen atoms in total. The molecule has 9 rings (SSSR count). The molecule has 354 valence electrons. The average Bonchev–Trinajstić information content (AvgIpc) is 3.40. The summed E-state index contributed by atoms with van der Waals surface area (Å²) in [7, 11) is 0. The summed E-state index contributed by atoms with van der Waals surface area (Å²) >= 11 is 13.6. The zero-order valence-corrected chi connectivity index (χ0v) is 43.9. The lowest BCUT2D eigenvalue weighted by atomic mass is 9.85. The lowest BCUT2D eigenvalue weighted by Gasteiger charge is -2.19. The van der Waals surface area contributed by atoms with Crippen LogP contribution in [0.4, 0.5) is 0 Å². The Kier molecular flexibility index (Phi) is 17.3. The molecule has 0 atom stereocenters. The van der Waals surface area contributed by atoms with Crippen molar-refractivity contribution in [3.63, 3.8) is 0 Å². The van der Waals surface area contributed by atoms with E-state index < -0.39 is 23.9 Å². The molecule has 0 saturated carbocycles. The van der Waals surface area contributed by atoms with Crippen molar-refractivity contribution in [1.29, 1.82) is 0 Å². The molecule has 1 heterocycles. The van der Waals surface area contributed by atoms with Crippen LogP contribution < -0.4 is 18.9 Å². The van der Waals surface area contributed by atoms with Crippen molar-refractivity contribution in [2.75, 3.05) is 0 Å². The molecular weight excluding hydrogens is 1170 g/mol. The molecule has 1 aromatic heterocycles. The number of carbonyl (C=O) groups excluding carboxylic acids is 4. The molecular formula is C59H37Br4NO8. The Labute approximate surface area is 448 Å². The summed E-state index contributed by atoms with van der Waals surface area (Å²) in [6.07, 6.45) is 3.50. The van der Waals surface area contributed by atoms with Crippen LogP contribution in [-0.4, -0.2) is 28.9 Å². The van der Waals surface area contributed by atoms with Crippen molar-refractivity contribution in [2.24, 2.45) is 0 Å². The van der Waals surface area contributed by atoms with Gasteiger partial charge in [-0.25, -0.2) is 19.2 Å². The number of nitrogens with zero attached hydrogens (tertiary/aromatic N) is 1. The van der Waals surface area contributed by atoms with Crippen molar-refractivity contribution in [3.05, 3.63) is 287 Å². The Balaban J connectivity index is 0.00000108. The van der Waals surface area contributed by atoms with Gasteiger partial charge in [0, 0.05) is 30.3 Å². The lowest BCUT2D eigenvalue weighted by molar-refractivity contribution is 0.0725. The van der Waals surface area contributed by atoms with Crippen LogP contribution >= 0.6 is 63.7 Å². The molecule has 0 N–H and O–H groups in total. The van der Waals surface area contributed by atoms with E-state index in [2.05, 4.69) is 68.7 Å². The molecule has 13 heteroatoms. The molecule has 0 aliphatic rings. The standard InChI is InChI=1S/C54H32Br4O8.C5H5N/c55-41-9-1-5-37(29-41)51(59)63-45-21-13-33(14-22-45)49(34-15-23-46(24-16-34)64-52(60)38-6-2-10-42(56)30-38)50(35-17-25-47(26-18-35)65-53(61)39-7-3-11-43(57)31-39)36-19-27-48(28-20-36)66-54(62)40-8-4-12-44(58)32-40;1-2-4-6-5-3-1/h1-32H;1-5H. The smallest absolute Gasteiger partial charge is 0.343 e. The maximum atomic E-state index is 13.1. The first-order valence-corrected chi connectivity index (χ1v) is 25.0. The maximum absolute atomic E-state index is 13.1. The first-order valence-electron chi connectivity index (χ1n) is 21.9. The third kappa shape index (κ3) is 13.9. The summed E-state index contributed by atoms with van der Waals surface area (Å²) in [6, 6.07) is 62.0. The van der Waals surface area contributed by atoms with Crippen LogP contribution in [0, 0.1) is 0 Å². The van der Waals surface area contributed by atoms with Crippen LogP contribution in [0.1, 0.15) is 63.7 Å². The maximum Gasteiger partial charge on any atom is 0.343 e. The topological polar surface area (TPSA) is 118 Å². The first-order chi connectivity index (χ1) is 34.9. The van der Waals surface area contributed by atoms with E-state index in [4.69, 9.17) is 18.9 Å². The van der Waals surface area contributed by atoms with E-state index >= 15 is 0 Å². The van der Waals surface area contributed by atoms with Gasteiger partial charge in [-0.15, -0.1) is 0 Å². The highest BCUT2D eigenvalue weighted by atomic mass is 79.9. The zero-order chi connectivity index (χ0) is 50.4. The average molecular weight is 1210 g/mol. The van der Waals surface area contributed by atoms with Crippen molar-refractivity contribution in [3.8, 4) is 23.0 Å². The van der Waals surface area contributed by atoms with Gasteiger partial charge in [-0.05, 0) is 167 Å². The van der Waals surface area contributed by atoms with Crippen LogP contribution in [0.15, 0.2) is 243 Å². The van der Waals surface area contributed by atoms with E-state index in [0.717, 1.165) is 51.3 Å². The van der Waals surface area contributed by atoms with Gasteiger partial charge < -0.3 is 18.9 Å². The number of hydrogen-bond acceptors (Lipinski definition) is 9. The van der Waals surface area contributed by atoms with Crippen molar-refractivity contribution >= 4 is 98.7 Å². The summed E-state index contributed by atoms with van der Waals surface area (Å²) in [4.78, 5) is 56.3. The Morgan fingerprint density at radius 1 is 0.278 bits per heavy atom. The van der Waals surface area contributed by atoms with Gasteiger partial charge in [0.25, 0.3) is 0 Å². The van der Waals surface area contributed by atoms with Crippen LogP contribution in [0.3, 0.4) is 0 Å². The number of benzene rings is 8. The molecule has 9 aromatic rings. The Hall–Kier alpha value is -7.55. The van der Waals surface area contributed by atoms with Gasteiger partial charge in [-0.1, -0.05) is 143 Å². The second kappa shape index (κ2) is 24.5. The molecule has 0 saturated heterocycles. The number of carbonyl (C=O) groups is 4. The number of halogens is 4. The van der Waals surface area contributed by atoms with Crippen molar-refractivity contribution < 1.29 is 38.1 Å². The van der Waals surface area contributed by atoms with E-state index in [-0.39, 0.29) is 0 Å². The summed E-state index contributed by atoms with van der Waals surface area (Å²) in [5, 5.41) is 0. The number of aromatic nitrogens is 1. The third-order valence-corrected chi connectivity index (χ3v) is 12.4. The van der Waals surface area contributed by atoms with Crippen LogP contribution in [0.2, 0.25) is 0 Å². The fraction of sp³-hybridized carbons (Fsp3) is 0. The SMILES string of the molecule is O=C(Oc1ccc(C(=C(c2ccc(OC(=O)c3cccc(Br)c3)cc2)c2ccc(OC(=O)c3cccc(Br)c3)cc2)c2ccc(OC(=O)c3cccc(Br)c3)cc2)cc1)c1cccc(Br)c1.c1ccncc1. The van der Waals surface area contributed by atoms with E-state index in [1.54, 1.807) is 134 Å². The van der Waals surface area contributed by atoms with Crippen molar-refractivity contribution in [1.82, 2.24) is 4.98 Å². The Bertz CT molecular complexity index is 2950. The summed E-state index contributed by atoms with van der Waals surface area (Å²) in [6.45, 7) is 0. The second-order valence-corrected chi connectivity index (χ2v) is 19.1. The predicted molar refractivity (Wildman–Crippen MR) is 291 cm³/mol. The predicted octanol–water partition coefficient (Wildman–Crippen LogP) is 15.7. The van der Waals surface area contributed by atoms with Crippen LogP contribution in [0.25, 0.3) is 11.1 Å². The molecule has 0 aliphatic heterocycles. The molecule has 0 fully saturated rings. The first kappa shape index (κ1) is 50.8. The highest BCUT2D eigenvalue weighted by Crippen LogP contribution is 2.39. The van der Waals surface area contributed by atoms with Gasteiger partial charge in [0.05, 0.1) is 22.3 Å². The summed E-state index contributed by atoms with van der Waals surface area (Å²) in [5.74, 6) is -0.768. The molecule has 0 radical (unpaired) electrons. The van der Waals surface area contributed by atoms with E-state index in [1.807, 2.05) is 91.0 Å². The summed E-state index contributed by atoms with van der Waals surface area (Å²) < 4.78 is 26.1. The fourth-order valence-corrected chi connectivity index (χ4v) is 8.70. The largest absolute Gasteiger partial charge is 0.423 e. The molecule has 72 heavy (non-hydrogen) atoms. The van der Waals surface area contributed by atoms with E-state index in [1.165, 1.54) is 0 Å². The molecule has 0 amide bonds. The van der Waals surface area contributed by atoms with Gasteiger partial charge in [0.15, 0.2) is 0 Å². The highest BCUT2D eigenvalue weighted by molar-refractivity contribution is 9.11. The molecule has 0 bridgehead atoms.